The quantitative estimate of drug-likeness (QED) is 0.921. The Labute approximate surface area is 117 Å². The summed E-state index contributed by atoms with van der Waals surface area (Å²) in [5.74, 6) is -0.291. The molecule has 1 amide bonds. The highest BCUT2D eigenvalue weighted by Crippen LogP contribution is 2.22. The molecule has 0 saturated carbocycles. The maximum atomic E-state index is 13.0. The van der Waals surface area contributed by atoms with E-state index < -0.39 is 0 Å². The normalized spacial score (nSPS) is 15.9. The minimum Gasteiger partial charge on any atom is -0.494 e. The van der Waals surface area contributed by atoms with E-state index >= 15 is 0 Å². The van der Waals surface area contributed by atoms with Crippen LogP contribution in [0.3, 0.4) is 0 Å². The van der Waals surface area contributed by atoms with Gasteiger partial charge in [0, 0.05) is 0 Å². The lowest BCUT2D eigenvalue weighted by molar-refractivity contribution is -0.123. The van der Waals surface area contributed by atoms with E-state index in [0.29, 0.717) is 13.2 Å². The van der Waals surface area contributed by atoms with Crippen molar-refractivity contribution in [3.05, 3.63) is 47.7 Å². The second-order valence-electron chi connectivity index (χ2n) is 4.95. The average Bonchev–Trinajstić information content (AvgIpc) is 2.46. The highest BCUT2D eigenvalue weighted by Gasteiger charge is 2.22. The van der Waals surface area contributed by atoms with Gasteiger partial charge >= 0.3 is 0 Å². The predicted octanol–water partition coefficient (Wildman–Crippen LogP) is 2.53. The van der Waals surface area contributed by atoms with Crippen LogP contribution in [0, 0.1) is 11.7 Å². The van der Waals surface area contributed by atoms with E-state index in [0.717, 1.165) is 5.56 Å². The van der Waals surface area contributed by atoms with Gasteiger partial charge in [0.2, 0.25) is 5.76 Å². The molecular weight excluding hydrogens is 261 g/mol. The minimum absolute atomic E-state index is 0.162. The summed E-state index contributed by atoms with van der Waals surface area (Å²) >= 11 is 0. The Hall–Kier alpha value is -2.04. The van der Waals surface area contributed by atoms with Crippen molar-refractivity contribution in [3.8, 4) is 0 Å². The first kappa shape index (κ1) is 14.4. The van der Waals surface area contributed by atoms with Gasteiger partial charge in [-0.1, -0.05) is 26.0 Å². The number of amides is 1. The second-order valence-corrected chi connectivity index (χ2v) is 4.95. The lowest BCUT2D eigenvalue weighted by Gasteiger charge is -2.24. The van der Waals surface area contributed by atoms with Gasteiger partial charge in [-0.15, -0.1) is 0 Å². The molecule has 5 heteroatoms. The van der Waals surface area contributed by atoms with Crippen LogP contribution in [0.2, 0.25) is 0 Å². The number of halogens is 1. The minimum atomic E-state index is -0.326. The third-order valence-corrected chi connectivity index (χ3v) is 3.06. The maximum absolute atomic E-state index is 13.0. The van der Waals surface area contributed by atoms with Gasteiger partial charge in [0.15, 0.2) is 0 Å². The Kier molecular flexibility index (Phi) is 4.61. The van der Waals surface area contributed by atoms with Crippen molar-refractivity contribution in [2.24, 2.45) is 5.92 Å². The van der Waals surface area contributed by atoms with Crippen LogP contribution in [0.5, 0.6) is 0 Å². The zero-order chi connectivity index (χ0) is 14.5. The number of rotatable bonds is 4. The number of benzene rings is 1. The molecule has 1 aromatic carbocycles. The summed E-state index contributed by atoms with van der Waals surface area (Å²) in [4.78, 5) is 12.1. The second kappa shape index (κ2) is 6.41. The van der Waals surface area contributed by atoms with Gasteiger partial charge in [-0.2, -0.15) is 0 Å². The van der Waals surface area contributed by atoms with Gasteiger partial charge in [-0.25, -0.2) is 4.39 Å². The Balaban J connectivity index is 2.11. The molecule has 1 N–H and O–H groups in total. The van der Waals surface area contributed by atoms with Crippen LogP contribution in [-0.4, -0.2) is 19.1 Å². The van der Waals surface area contributed by atoms with E-state index in [1.54, 1.807) is 12.1 Å². The first-order valence-electron chi connectivity index (χ1n) is 6.59. The summed E-state index contributed by atoms with van der Waals surface area (Å²) in [6, 6.07) is 5.90. The van der Waals surface area contributed by atoms with Crippen molar-refractivity contribution in [3.63, 3.8) is 0 Å². The standard InChI is InChI=1S/C15H18FNO3/c1-10(2)14(11-3-5-12(16)6-4-11)17-15(18)13-9-19-7-8-20-13/h3-6,9-10,14H,7-8H2,1-2H3,(H,17,18). The number of hydrogen-bond acceptors (Lipinski definition) is 3. The Morgan fingerprint density at radius 3 is 2.50 bits per heavy atom. The van der Waals surface area contributed by atoms with Crippen molar-refractivity contribution in [1.82, 2.24) is 5.32 Å². The molecular formula is C15H18FNO3. The summed E-state index contributed by atoms with van der Waals surface area (Å²) in [6.45, 7) is 4.78. The molecule has 20 heavy (non-hydrogen) atoms. The molecule has 1 unspecified atom stereocenters. The van der Waals surface area contributed by atoms with E-state index in [4.69, 9.17) is 9.47 Å². The molecule has 1 heterocycles. The predicted molar refractivity (Wildman–Crippen MR) is 72.1 cm³/mol. The first-order chi connectivity index (χ1) is 9.58. The molecule has 0 bridgehead atoms. The molecule has 0 aliphatic carbocycles. The molecule has 0 spiro atoms. The molecule has 108 valence electrons. The number of nitrogens with one attached hydrogen (secondary N) is 1. The average molecular weight is 279 g/mol. The third-order valence-electron chi connectivity index (χ3n) is 3.06. The van der Waals surface area contributed by atoms with Gasteiger partial charge in [0.05, 0.1) is 6.04 Å². The van der Waals surface area contributed by atoms with Gasteiger partial charge in [-0.05, 0) is 23.6 Å². The van der Waals surface area contributed by atoms with Crippen molar-refractivity contribution < 1.29 is 18.7 Å². The fraction of sp³-hybridized carbons (Fsp3) is 0.400. The molecule has 1 aromatic rings. The molecule has 2 rings (SSSR count). The molecule has 1 aliphatic rings. The van der Waals surface area contributed by atoms with Crippen LogP contribution in [-0.2, 0) is 14.3 Å². The Morgan fingerprint density at radius 2 is 1.95 bits per heavy atom. The van der Waals surface area contributed by atoms with E-state index in [9.17, 15) is 9.18 Å². The van der Waals surface area contributed by atoms with E-state index in [-0.39, 0.29) is 29.4 Å². The molecule has 0 radical (unpaired) electrons. The summed E-state index contributed by atoms with van der Waals surface area (Å²) in [5, 5.41) is 2.89. The summed E-state index contributed by atoms with van der Waals surface area (Å²) < 4.78 is 23.3. The van der Waals surface area contributed by atoms with Gasteiger partial charge in [-0.3, -0.25) is 4.79 Å². The number of ether oxygens (including phenoxy) is 2. The van der Waals surface area contributed by atoms with Crippen molar-refractivity contribution in [2.45, 2.75) is 19.9 Å². The summed E-state index contributed by atoms with van der Waals surface area (Å²) in [7, 11) is 0. The van der Waals surface area contributed by atoms with Crippen LogP contribution >= 0.6 is 0 Å². The van der Waals surface area contributed by atoms with E-state index in [1.165, 1.54) is 18.4 Å². The zero-order valence-electron chi connectivity index (χ0n) is 11.6. The van der Waals surface area contributed by atoms with Crippen LogP contribution < -0.4 is 5.32 Å². The summed E-state index contributed by atoms with van der Waals surface area (Å²) in [5.41, 5.74) is 0.854. The maximum Gasteiger partial charge on any atom is 0.290 e. The Bertz CT molecular complexity index is 496. The fourth-order valence-electron chi connectivity index (χ4n) is 2.00. The lowest BCUT2D eigenvalue weighted by atomic mass is 9.96. The molecule has 1 aliphatic heterocycles. The zero-order valence-corrected chi connectivity index (χ0v) is 11.6. The fourth-order valence-corrected chi connectivity index (χ4v) is 2.00. The van der Waals surface area contributed by atoms with Gasteiger partial charge < -0.3 is 14.8 Å². The first-order valence-corrected chi connectivity index (χ1v) is 6.59. The lowest BCUT2D eigenvalue weighted by Crippen LogP contribution is -2.34. The monoisotopic (exact) mass is 279 g/mol. The van der Waals surface area contributed by atoms with E-state index in [2.05, 4.69) is 5.32 Å². The Morgan fingerprint density at radius 1 is 1.25 bits per heavy atom. The van der Waals surface area contributed by atoms with Crippen LogP contribution in [0.4, 0.5) is 4.39 Å². The van der Waals surface area contributed by atoms with E-state index in [1.807, 2.05) is 13.8 Å². The summed E-state index contributed by atoms with van der Waals surface area (Å²) in [6.07, 6.45) is 1.32. The van der Waals surface area contributed by atoms with Gasteiger partial charge in [0.25, 0.3) is 5.91 Å². The molecule has 0 saturated heterocycles. The SMILES string of the molecule is CC(C)C(NC(=O)C1=COCCO1)c1ccc(F)cc1. The van der Waals surface area contributed by atoms with Crippen LogP contribution in [0.25, 0.3) is 0 Å². The highest BCUT2D eigenvalue weighted by molar-refractivity contribution is 5.91. The van der Waals surface area contributed by atoms with Crippen molar-refractivity contribution in [2.75, 3.05) is 13.2 Å². The van der Waals surface area contributed by atoms with Crippen LogP contribution in [0.15, 0.2) is 36.3 Å². The number of carbonyl (C=O) groups is 1. The van der Waals surface area contributed by atoms with Crippen molar-refractivity contribution in [1.29, 1.82) is 0 Å². The molecule has 0 fully saturated rings. The molecule has 0 aromatic heterocycles. The van der Waals surface area contributed by atoms with Crippen LogP contribution in [0.1, 0.15) is 25.5 Å². The number of hydrogen-bond donors (Lipinski definition) is 1. The largest absolute Gasteiger partial charge is 0.494 e. The third kappa shape index (κ3) is 3.50. The van der Waals surface area contributed by atoms with Crippen molar-refractivity contribution >= 4 is 5.91 Å². The molecule has 4 nitrogen and oxygen atoms in total. The van der Waals surface area contributed by atoms with Gasteiger partial charge in [0.1, 0.15) is 25.3 Å². The topological polar surface area (TPSA) is 47.6 Å². The smallest absolute Gasteiger partial charge is 0.290 e. The molecule has 1 atom stereocenters. The highest BCUT2D eigenvalue weighted by atomic mass is 19.1. The number of carbonyl (C=O) groups excluding carboxylic acids is 1.